The van der Waals surface area contributed by atoms with Crippen molar-refractivity contribution >= 4 is 28.6 Å². The highest BCUT2D eigenvalue weighted by molar-refractivity contribution is 7.12. The summed E-state index contributed by atoms with van der Waals surface area (Å²) in [5, 5.41) is 4.22. The summed E-state index contributed by atoms with van der Waals surface area (Å²) in [6.07, 6.45) is 0. The van der Waals surface area contributed by atoms with E-state index in [0.717, 1.165) is 5.56 Å². The van der Waals surface area contributed by atoms with Crippen molar-refractivity contribution in [1.82, 2.24) is 0 Å². The van der Waals surface area contributed by atoms with Crippen LogP contribution in [-0.4, -0.2) is 5.91 Å². The molecule has 3 N–H and O–H groups in total. The molecule has 2 aromatic rings. The molecule has 0 radical (unpaired) electrons. The Morgan fingerprint density at radius 2 is 2.18 bits per heavy atom. The van der Waals surface area contributed by atoms with Gasteiger partial charge in [-0.15, -0.1) is 11.3 Å². The van der Waals surface area contributed by atoms with Crippen molar-refractivity contribution in [2.24, 2.45) is 0 Å². The molecule has 1 aromatic heterocycles. The zero-order valence-electron chi connectivity index (χ0n) is 9.16. The van der Waals surface area contributed by atoms with Crippen LogP contribution in [-0.2, 0) is 0 Å². The number of nitrogens with one attached hydrogen (secondary N) is 1. The monoisotopic (exact) mass is 250 g/mol. The first-order valence-electron chi connectivity index (χ1n) is 4.98. The SMILES string of the molecule is Cc1ccc(NC(=O)c2sccc2N)c(F)c1. The highest BCUT2D eigenvalue weighted by Crippen LogP contribution is 2.22. The maximum absolute atomic E-state index is 13.5. The summed E-state index contributed by atoms with van der Waals surface area (Å²) in [7, 11) is 0. The maximum Gasteiger partial charge on any atom is 0.267 e. The van der Waals surface area contributed by atoms with Crippen LogP contribution in [0.25, 0.3) is 0 Å². The Labute approximate surface area is 102 Å². The molecule has 0 aliphatic heterocycles. The Morgan fingerprint density at radius 1 is 1.41 bits per heavy atom. The number of aryl methyl sites for hydroxylation is 1. The molecular weight excluding hydrogens is 239 g/mol. The second-order valence-corrected chi connectivity index (χ2v) is 4.56. The zero-order valence-corrected chi connectivity index (χ0v) is 9.98. The minimum atomic E-state index is -0.450. The standard InChI is InChI=1S/C12H11FN2OS/c1-7-2-3-10(8(13)6-7)15-12(16)11-9(14)4-5-17-11/h2-6H,14H2,1H3,(H,15,16). The van der Waals surface area contributed by atoms with E-state index in [9.17, 15) is 9.18 Å². The highest BCUT2D eigenvalue weighted by atomic mass is 32.1. The Hall–Kier alpha value is -1.88. The minimum Gasteiger partial charge on any atom is -0.397 e. The average molecular weight is 250 g/mol. The van der Waals surface area contributed by atoms with Crippen molar-refractivity contribution in [2.75, 3.05) is 11.1 Å². The first-order chi connectivity index (χ1) is 8.08. The van der Waals surface area contributed by atoms with Gasteiger partial charge >= 0.3 is 0 Å². The fourth-order valence-electron chi connectivity index (χ4n) is 1.40. The molecule has 0 saturated heterocycles. The summed E-state index contributed by atoms with van der Waals surface area (Å²) in [6.45, 7) is 1.78. The molecule has 2 rings (SSSR count). The minimum absolute atomic E-state index is 0.161. The molecule has 3 nitrogen and oxygen atoms in total. The van der Waals surface area contributed by atoms with Crippen LogP contribution in [0, 0.1) is 12.7 Å². The topological polar surface area (TPSA) is 55.1 Å². The summed E-state index contributed by atoms with van der Waals surface area (Å²) >= 11 is 1.23. The third kappa shape index (κ3) is 2.45. The van der Waals surface area contributed by atoms with E-state index in [1.165, 1.54) is 23.5 Å². The van der Waals surface area contributed by atoms with E-state index in [2.05, 4.69) is 5.32 Å². The highest BCUT2D eigenvalue weighted by Gasteiger charge is 2.13. The van der Waals surface area contributed by atoms with Gasteiger partial charge in [-0.3, -0.25) is 4.79 Å². The Kier molecular flexibility index (Phi) is 3.10. The average Bonchev–Trinajstić information content (AvgIpc) is 2.68. The van der Waals surface area contributed by atoms with Gasteiger partial charge in [0.15, 0.2) is 0 Å². The number of anilines is 2. The van der Waals surface area contributed by atoms with Gasteiger partial charge < -0.3 is 11.1 Å². The predicted octanol–water partition coefficient (Wildman–Crippen LogP) is 3.03. The van der Waals surface area contributed by atoms with E-state index in [1.807, 2.05) is 0 Å². The fourth-order valence-corrected chi connectivity index (χ4v) is 2.12. The second kappa shape index (κ2) is 4.55. The molecule has 17 heavy (non-hydrogen) atoms. The largest absolute Gasteiger partial charge is 0.397 e. The summed E-state index contributed by atoms with van der Waals surface area (Å²) in [5.74, 6) is -0.839. The van der Waals surface area contributed by atoms with Crippen LogP contribution in [0.4, 0.5) is 15.8 Å². The first-order valence-corrected chi connectivity index (χ1v) is 5.86. The lowest BCUT2D eigenvalue weighted by atomic mass is 10.2. The number of rotatable bonds is 2. The lowest BCUT2D eigenvalue weighted by Crippen LogP contribution is -2.13. The zero-order chi connectivity index (χ0) is 12.4. The van der Waals surface area contributed by atoms with E-state index in [-0.39, 0.29) is 11.6 Å². The van der Waals surface area contributed by atoms with Crippen LogP contribution in [0.1, 0.15) is 15.2 Å². The molecule has 0 aliphatic rings. The molecule has 1 aromatic carbocycles. The van der Waals surface area contributed by atoms with Gasteiger partial charge in [0.25, 0.3) is 5.91 Å². The quantitative estimate of drug-likeness (QED) is 0.860. The summed E-state index contributed by atoms with van der Waals surface area (Å²) in [6, 6.07) is 6.28. The van der Waals surface area contributed by atoms with Gasteiger partial charge in [-0.25, -0.2) is 4.39 Å². The van der Waals surface area contributed by atoms with Crippen LogP contribution in [0.5, 0.6) is 0 Å². The molecule has 0 atom stereocenters. The van der Waals surface area contributed by atoms with Crippen LogP contribution >= 0.6 is 11.3 Å². The molecule has 1 amide bonds. The molecule has 0 unspecified atom stereocenters. The Morgan fingerprint density at radius 3 is 2.76 bits per heavy atom. The van der Waals surface area contributed by atoms with Gasteiger partial charge in [0.2, 0.25) is 0 Å². The van der Waals surface area contributed by atoms with Crippen LogP contribution in [0.3, 0.4) is 0 Å². The lowest BCUT2D eigenvalue weighted by molar-refractivity contribution is 0.103. The number of halogens is 1. The number of carbonyl (C=O) groups is 1. The van der Waals surface area contributed by atoms with Gasteiger partial charge in [0.05, 0.1) is 11.4 Å². The summed E-state index contributed by atoms with van der Waals surface area (Å²) in [4.78, 5) is 12.2. The number of amides is 1. The van der Waals surface area contributed by atoms with E-state index in [0.29, 0.717) is 10.6 Å². The van der Waals surface area contributed by atoms with Crippen LogP contribution < -0.4 is 11.1 Å². The smallest absolute Gasteiger partial charge is 0.267 e. The number of nitrogen functional groups attached to an aromatic ring is 1. The van der Waals surface area contributed by atoms with Gasteiger partial charge in [-0.2, -0.15) is 0 Å². The number of benzene rings is 1. The van der Waals surface area contributed by atoms with Crippen molar-refractivity contribution in [3.05, 3.63) is 45.9 Å². The van der Waals surface area contributed by atoms with Crippen molar-refractivity contribution in [3.63, 3.8) is 0 Å². The number of thiophene rings is 1. The normalized spacial score (nSPS) is 10.2. The molecule has 0 aliphatic carbocycles. The second-order valence-electron chi connectivity index (χ2n) is 3.64. The Balaban J connectivity index is 2.22. The van der Waals surface area contributed by atoms with Crippen LogP contribution in [0.2, 0.25) is 0 Å². The molecule has 88 valence electrons. The Bertz CT molecular complexity index is 565. The van der Waals surface area contributed by atoms with Gasteiger partial charge in [-0.1, -0.05) is 6.07 Å². The maximum atomic E-state index is 13.5. The number of hydrogen-bond acceptors (Lipinski definition) is 3. The number of hydrogen-bond donors (Lipinski definition) is 2. The van der Waals surface area contributed by atoms with Crippen molar-refractivity contribution < 1.29 is 9.18 Å². The molecule has 0 fully saturated rings. The molecule has 0 bridgehead atoms. The van der Waals surface area contributed by atoms with Crippen molar-refractivity contribution in [2.45, 2.75) is 6.92 Å². The predicted molar refractivity (Wildman–Crippen MR) is 67.8 cm³/mol. The van der Waals surface area contributed by atoms with E-state index >= 15 is 0 Å². The van der Waals surface area contributed by atoms with E-state index < -0.39 is 5.82 Å². The van der Waals surface area contributed by atoms with E-state index in [1.54, 1.807) is 24.4 Å². The molecular formula is C12H11FN2OS. The van der Waals surface area contributed by atoms with Gasteiger partial charge in [0, 0.05) is 0 Å². The fraction of sp³-hybridized carbons (Fsp3) is 0.0833. The van der Waals surface area contributed by atoms with E-state index in [4.69, 9.17) is 5.73 Å². The summed E-state index contributed by atoms with van der Waals surface area (Å²) in [5.41, 5.74) is 6.98. The van der Waals surface area contributed by atoms with Crippen molar-refractivity contribution in [3.8, 4) is 0 Å². The third-order valence-electron chi connectivity index (χ3n) is 2.27. The molecule has 0 saturated carbocycles. The molecule has 0 spiro atoms. The van der Waals surface area contributed by atoms with Gasteiger partial charge in [-0.05, 0) is 36.1 Å². The molecule has 1 heterocycles. The van der Waals surface area contributed by atoms with Crippen molar-refractivity contribution in [1.29, 1.82) is 0 Å². The number of nitrogens with two attached hydrogens (primary N) is 1. The number of carbonyl (C=O) groups excluding carboxylic acids is 1. The summed E-state index contributed by atoms with van der Waals surface area (Å²) < 4.78 is 13.5. The third-order valence-corrected chi connectivity index (χ3v) is 3.20. The first kappa shape index (κ1) is 11.6. The van der Waals surface area contributed by atoms with Gasteiger partial charge in [0.1, 0.15) is 10.7 Å². The molecule has 5 heteroatoms. The lowest BCUT2D eigenvalue weighted by Gasteiger charge is -2.06. The van der Waals surface area contributed by atoms with Crippen LogP contribution in [0.15, 0.2) is 29.6 Å².